The molecule has 4 aromatic carbocycles. The molecule has 2 aliphatic heterocycles. The van der Waals surface area contributed by atoms with Gasteiger partial charge in [0.15, 0.2) is 0 Å². The highest BCUT2D eigenvalue weighted by Gasteiger charge is 2.37. The maximum Gasteiger partial charge on any atom is 0.0680 e. The van der Waals surface area contributed by atoms with Crippen LogP contribution in [-0.4, -0.2) is 4.98 Å². The molecule has 0 spiro atoms. The zero-order chi connectivity index (χ0) is 22.7. The van der Waals surface area contributed by atoms with Gasteiger partial charge in [0.2, 0.25) is 0 Å². The molecule has 5 aromatic rings. The molecule has 2 heteroatoms. The monoisotopic (exact) mass is 446 g/mol. The molecule has 0 saturated heterocycles. The molecule has 35 heavy (non-hydrogen) atoms. The quantitative estimate of drug-likeness (QED) is 0.240. The molecule has 0 unspecified atom stereocenters. The van der Waals surface area contributed by atoms with Crippen LogP contribution in [-0.2, 0) is 25.7 Å². The van der Waals surface area contributed by atoms with Crippen LogP contribution in [0.3, 0.4) is 0 Å². The van der Waals surface area contributed by atoms with Gasteiger partial charge in [-0.3, -0.25) is 4.98 Å². The van der Waals surface area contributed by atoms with Gasteiger partial charge in [-0.15, -0.1) is 0 Å². The van der Waals surface area contributed by atoms with Gasteiger partial charge in [0.25, 0.3) is 0 Å². The average Bonchev–Trinajstić information content (AvgIpc) is 3.46. The summed E-state index contributed by atoms with van der Waals surface area (Å²) in [6.45, 7) is 0. The van der Waals surface area contributed by atoms with Gasteiger partial charge < -0.3 is 4.90 Å². The largest absolute Gasteiger partial charge is 0.308 e. The summed E-state index contributed by atoms with van der Waals surface area (Å²) in [7, 11) is 0. The van der Waals surface area contributed by atoms with E-state index in [1.54, 1.807) is 0 Å². The number of benzene rings is 4. The molecule has 0 N–H and O–H groups in total. The van der Waals surface area contributed by atoms with Gasteiger partial charge in [0, 0.05) is 24.7 Å². The fourth-order valence-electron chi connectivity index (χ4n) is 7.23. The van der Waals surface area contributed by atoms with E-state index in [4.69, 9.17) is 0 Å². The average molecular weight is 447 g/mol. The Morgan fingerprint density at radius 1 is 0.543 bits per heavy atom. The van der Waals surface area contributed by atoms with E-state index in [2.05, 4.69) is 88.9 Å². The number of hydrogen-bond acceptors (Lipinski definition) is 2. The van der Waals surface area contributed by atoms with E-state index in [1.807, 2.05) is 6.20 Å². The second-order valence-corrected chi connectivity index (χ2v) is 10.4. The molecular weight excluding hydrogens is 424 g/mol. The minimum absolute atomic E-state index is 0.970. The Hall–Kier alpha value is -4.17. The van der Waals surface area contributed by atoms with Crippen molar-refractivity contribution in [3.63, 3.8) is 0 Å². The second-order valence-electron chi connectivity index (χ2n) is 10.4. The summed E-state index contributed by atoms with van der Waals surface area (Å²) in [5.41, 5.74) is 21.5. The molecule has 164 valence electrons. The van der Waals surface area contributed by atoms with Crippen molar-refractivity contribution in [3.05, 3.63) is 130 Å². The van der Waals surface area contributed by atoms with Crippen LogP contribution >= 0.6 is 0 Å². The number of rotatable bonds is 0. The van der Waals surface area contributed by atoms with Crippen LogP contribution in [0.1, 0.15) is 44.5 Å². The lowest BCUT2D eigenvalue weighted by Gasteiger charge is -2.40. The third-order valence-corrected chi connectivity index (χ3v) is 8.60. The standard InChI is InChI=1S/C33H22N2/c1-3-7-25-19(5-1)16-27-26(25)10-9-22-14-23-15-24-13-20-6-2-4-8-29(20)35-30-18-34-12-11-21(30)17-28(33(24)35)32(23)31(22)27/h1-12,15,18H,13-14,16-17H2. The first kappa shape index (κ1) is 18.2. The predicted molar refractivity (Wildman–Crippen MR) is 141 cm³/mol. The van der Waals surface area contributed by atoms with Crippen LogP contribution in [0.4, 0.5) is 17.1 Å². The normalized spacial score (nSPS) is 14.9. The number of hydrogen-bond donors (Lipinski definition) is 0. The fourth-order valence-corrected chi connectivity index (χ4v) is 7.23. The zero-order valence-electron chi connectivity index (χ0n) is 19.3. The number of fused-ring (bicyclic) bond motifs is 12. The van der Waals surface area contributed by atoms with Crippen LogP contribution in [0.25, 0.3) is 22.3 Å². The molecule has 1 aromatic heterocycles. The van der Waals surface area contributed by atoms with E-state index in [-0.39, 0.29) is 0 Å². The molecule has 0 saturated carbocycles. The third kappa shape index (κ3) is 2.23. The number of aromatic nitrogens is 1. The van der Waals surface area contributed by atoms with Gasteiger partial charge in [-0.2, -0.15) is 0 Å². The summed E-state index contributed by atoms with van der Waals surface area (Å²) in [5, 5.41) is 0. The highest BCUT2D eigenvalue weighted by molar-refractivity contribution is 5.98. The summed E-state index contributed by atoms with van der Waals surface area (Å²) < 4.78 is 0. The van der Waals surface area contributed by atoms with Gasteiger partial charge in [-0.05, 0) is 91.7 Å². The highest BCUT2D eigenvalue weighted by atomic mass is 15.2. The summed E-state index contributed by atoms with van der Waals surface area (Å²) in [6, 6.07) is 27.4. The van der Waals surface area contributed by atoms with E-state index in [0.717, 1.165) is 25.7 Å². The first-order valence-electron chi connectivity index (χ1n) is 12.6. The Balaban J connectivity index is 1.36. The summed E-state index contributed by atoms with van der Waals surface area (Å²) in [4.78, 5) is 7.04. The maximum absolute atomic E-state index is 4.53. The molecule has 0 fully saturated rings. The van der Waals surface area contributed by atoms with Crippen molar-refractivity contribution >= 4 is 17.1 Å². The van der Waals surface area contributed by atoms with Gasteiger partial charge >= 0.3 is 0 Å². The van der Waals surface area contributed by atoms with E-state index in [9.17, 15) is 0 Å². The van der Waals surface area contributed by atoms with Crippen LogP contribution in [0, 0.1) is 0 Å². The van der Waals surface area contributed by atoms with Crippen molar-refractivity contribution in [1.29, 1.82) is 0 Å². The smallest absolute Gasteiger partial charge is 0.0680 e. The minimum Gasteiger partial charge on any atom is -0.308 e. The molecule has 0 radical (unpaired) electrons. The van der Waals surface area contributed by atoms with Crippen molar-refractivity contribution in [3.8, 4) is 22.3 Å². The number of anilines is 3. The summed E-state index contributed by atoms with van der Waals surface area (Å²) in [5.74, 6) is 0. The lowest BCUT2D eigenvalue weighted by molar-refractivity contribution is 0.998. The predicted octanol–water partition coefficient (Wildman–Crippen LogP) is 7.50. The molecule has 0 amide bonds. The summed E-state index contributed by atoms with van der Waals surface area (Å²) in [6.07, 6.45) is 8.05. The van der Waals surface area contributed by atoms with Crippen LogP contribution in [0.2, 0.25) is 0 Å². The molecule has 3 heterocycles. The molecule has 0 bridgehead atoms. The molecule has 2 nitrogen and oxygen atoms in total. The Morgan fingerprint density at radius 3 is 2.29 bits per heavy atom. The Bertz CT molecular complexity index is 1750. The molecule has 0 atom stereocenters. The molecule has 9 rings (SSSR count). The molecular formula is C33H22N2. The fraction of sp³-hybridized carbons (Fsp3) is 0.121. The van der Waals surface area contributed by atoms with Crippen LogP contribution in [0.15, 0.2) is 85.2 Å². The van der Waals surface area contributed by atoms with Gasteiger partial charge in [-0.25, -0.2) is 0 Å². The van der Waals surface area contributed by atoms with Crippen molar-refractivity contribution in [2.45, 2.75) is 25.7 Å². The number of nitrogens with zero attached hydrogens (tertiary/aromatic N) is 2. The minimum atomic E-state index is 0.970. The van der Waals surface area contributed by atoms with Crippen molar-refractivity contribution in [1.82, 2.24) is 4.98 Å². The van der Waals surface area contributed by atoms with E-state index in [0.29, 0.717) is 0 Å². The van der Waals surface area contributed by atoms with E-state index >= 15 is 0 Å². The van der Waals surface area contributed by atoms with Gasteiger partial charge in [0.05, 0.1) is 17.6 Å². The number of para-hydroxylation sites is 1. The molecule has 2 aliphatic carbocycles. The lowest BCUT2D eigenvalue weighted by Crippen LogP contribution is -2.25. The van der Waals surface area contributed by atoms with Crippen molar-refractivity contribution in [2.75, 3.05) is 4.90 Å². The number of pyridine rings is 1. The third-order valence-electron chi connectivity index (χ3n) is 8.60. The topological polar surface area (TPSA) is 16.1 Å². The SMILES string of the molecule is c1ccc2c(c1)Cc1c-2ccc2c1-c1c(cc3c4c1Cc1ccncc1N4c1ccccc1C3)C2. The first-order valence-corrected chi connectivity index (χ1v) is 12.6. The second kappa shape index (κ2) is 6.28. The van der Waals surface area contributed by atoms with Crippen LogP contribution < -0.4 is 4.90 Å². The Labute approximate surface area is 204 Å². The van der Waals surface area contributed by atoms with Crippen molar-refractivity contribution in [2.24, 2.45) is 0 Å². The highest BCUT2D eigenvalue weighted by Crippen LogP contribution is 2.56. The van der Waals surface area contributed by atoms with Gasteiger partial charge in [-0.1, -0.05) is 60.7 Å². The maximum atomic E-state index is 4.53. The zero-order valence-corrected chi connectivity index (χ0v) is 19.3. The van der Waals surface area contributed by atoms with Crippen LogP contribution in [0.5, 0.6) is 0 Å². The molecule has 4 aliphatic rings. The first-order chi connectivity index (χ1) is 17.3. The lowest BCUT2D eigenvalue weighted by atomic mass is 9.81. The Kier molecular flexibility index (Phi) is 3.27. The summed E-state index contributed by atoms with van der Waals surface area (Å²) >= 11 is 0. The van der Waals surface area contributed by atoms with Crippen molar-refractivity contribution < 1.29 is 0 Å². The van der Waals surface area contributed by atoms with E-state index in [1.165, 1.54) is 83.8 Å². The van der Waals surface area contributed by atoms with Gasteiger partial charge in [0.1, 0.15) is 0 Å². The van der Waals surface area contributed by atoms with E-state index < -0.39 is 0 Å². The Morgan fingerprint density at radius 2 is 1.31 bits per heavy atom.